The van der Waals surface area contributed by atoms with Crippen molar-refractivity contribution in [2.75, 3.05) is 6.54 Å². The molecule has 2 amide bonds. The molecule has 0 aliphatic carbocycles. The molecule has 0 aromatic heterocycles. The Bertz CT molecular complexity index is 276. The Labute approximate surface area is 90.3 Å². The van der Waals surface area contributed by atoms with Crippen LogP contribution in [0.3, 0.4) is 0 Å². The fourth-order valence-corrected chi connectivity index (χ4v) is 1.75. The monoisotopic (exact) mass is 210 g/mol. The molecule has 1 aliphatic heterocycles. The van der Waals surface area contributed by atoms with Crippen LogP contribution in [-0.2, 0) is 9.59 Å². The van der Waals surface area contributed by atoms with Crippen molar-refractivity contribution in [2.45, 2.75) is 38.8 Å². The van der Waals surface area contributed by atoms with Crippen LogP contribution in [0.2, 0.25) is 0 Å². The van der Waals surface area contributed by atoms with Crippen molar-refractivity contribution in [3.05, 3.63) is 12.7 Å². The smallest absolute Gasteiger partial charge is 0.245 e. The van der Waals surface area contributed by atoms with Gasteiger partial charge in [-0.1, -0.05) is 13.0 Å². The molecule has 0 saturated carbocycles. The van der Waals surface area contributed by atoms with E-state index >= 15 is 0 Å². The molecule has 0 radical (unpaired) electrons. The first-order valence-electron chi connectivity index (χ1n) is 5.30. The molecule has 0 spiro atoms. The summed E-state index contributed by atoms with van der Waals surface area (Å²) in [7, 11) is 0. The van der Waals surface area contributed by atoms with Crippen molar-refractivity contribution in [1.29, 1.82) is 0 Å². The van der Waals surface area contributed by atoms with Gasteiger partial charge < -0.3 is 10.2 Å². The Hall–Kier alpha value is -1.32. The summed E-state index contributed by atoms with van der Waals surface area (Å²) in [6, 6.07) is -0.298. The second-order valence-corrected chi connectivity index (χ2v) is 3.87. The fraction of sp³-hybridized carbons (Fsp3) is 0.636. The van der Waals surface area contributed by atoms with Gasteiger partial charge in [-0.3, -0.25) is 9.59 Å². The molecular formula is C11H18N2O2. The first-order valence-corrected chi connectivity index (χ1v) is 5.30. The van der Waals surface area contributed by atoms with E-state index in [9.17, 15) is 9.59 Å². The quantitative estimate of drug-likeness (QED) is 0.694. The summed E-state index contributed by atoms with van der Waals surface area (Å²) < 4.78 is 0. The van der Waals surface area contributed by atoms with Gasteiger partial charge in [0.05, 0.1) is 6.54 Å². The van der Waals surface area contributed by atoms with Crippen LogP contribution < -0.4 is 5.32 Å². The van der Waals surface area contributed by atoms with Crippen molar-refractivity contribution in [3.8, 4) is 0 Å². The van der Waals surface area contributed by atoms with E-state index in [0.29, 0.717) is 6.42 Å². The molecule has 84 valence electrons. The maximum atomic E-state index is 11.9. The van der Waals surface area contributed by atoms with Crippen LogP contribution in [0.15, 0.2) is 12.7 Å². The van der Waals surface area contributed by atoms with Gasteiger partial charge in [-0.2, -0.15) is 0 Å². The highest BCUT2D eigenvalue weighted by atomic mass is 16.2. The van der Waals surface area contributed by atoms with Crippen LogP contribution in [0, 0.1) is 0 Å². The molecule has 2 unspecified atom stereocenters. The van der Waals surface area contributed by atoms with E-state index in [2.05, 4.69) is 11.9 Å². The van der Waals surface area contributed by atoms with Crippen molar-refractivity contribution < 1.29 is 9.59 Å². The third-order valence-electron chi connectivity index (χ3n) is 2.68. The normalized spacial score (nSPS) is 23.6. The summed E-state index contributed by atoms with van der Waals surface area (Å²) in [4.78, 5) is 24.9. The number of hydrogen-bond acceptors (Lipinski definition) is 2. The topological polar surface area (TPSA) is 49.4 Å². The molecule has 0 bridgehead atoms. The number of rotatable bonds is 4. The minimum Gasteiger partial charge on any atom is -0.343 e. The van der Waals surface area contributed by atoms with E-state index in [-0.39, 0.29) is 30.4 Å². The van der Waals surface area contributed by atoms with Gasteiger partial charge in [0.1, 0.15) is 6.04 Å². The van der Waals surface area contributed by atoms with Gasteiger partial charge in [0, 0.05) is 6.04 Å². The lowest BCUT2D eigenvalue weighted by atomic mass is 10.1. The maximum Gasteiger partial charge on any atom is 0.245 e. The molecule has 2 atom stereocenters. The van der Waals surface area contributed by atoms with Gasteiger partial charge in [-0.25, -0.2) is 0 Å². The zero-order valence-corrected chi connectivity index (χ0v) is 9.32. The van der Waals surface area contributed by atoms with Gasteiger partial charge in [-0.15, -0.1) is 6.58 Å². The summed E-state index contributed by atoms with van der Waals surface area (Å²) in [5.74, 6) is -0.0520. The summed E-state index contributed by atoms with van der Waals surface area (Å²) in [6.07, 6.45) is 3.13. The minimum absolute atomic E-state index is 0.0199. The average Bonchev–Trinajstić information content (AvgIpc) is 2.21. The summed E-state index contributed by atoms with van der Waals surface area (Å²) >= 11 is 0. The number of nitrogens with zero attached hydrogens (tertiary/aromatic N) is 1. The van der Waals surface area contributed by atoms with E-state index < -0.39 is 0 Å². The fourth-order valence-electron chi connectivity index (χ4n) is 1.75. The lowest BCUT2D eigenvalue weighted by Crippen LogP contribution is -2.59. The van der Waals surface area contributed by atoms with E-state index in [4.69, 9.17) is 0 Å². The van der Waals surface area contributed by atoms with Crippen LogP contribution in [-0.4, -0.2) is 35.3 Å². The van der Waals surface area contributed by atoms with E-state index in [1.54, 1.807) is 11.0 Å². The summed E-state index contributed by atoms with van der Waals surface area (Å²) in [6.45, 7) is 7.64. The van der Waals surface area contributed by atoms with Crippen molar-refractivity contribution in [3.63, 3.8) is 0 Å². The lowest BCUT2D eigenvalue weighted by molar-refractivity contribution is -0.146. The standard InChI is InChI=1S/C11H18N2O2/c1-4-6-8(3)13-7-10(14)12-9(5-2)11(13)15/h4,8-9H,1,5-7H2,2-3H3,(H,12,14). The van der Waals surface area contributed by atoms with E-state index in [1.807, 2.05) is 13.8 Å². The van der Waals surface area contributed by atoms with Gasteiger partial charge >= 0.3 is 0 Å². The zero-order chi connectivity index (χ0) is 11.4. The molecule has 1 aliphatic rings. The Kier molecular flexibility index (Phi) is 3.88. The van der Waals surface area contributed by atoms with Gasteiger partial charge in [-0.05, 0) is 19.8 Å². The molecule has 4 heteroatoms. The van der Waals surface area contributed by atoms with Crippen molar-refractivity contribution in [1.82, 2.24) is 10.2 Å². The molecule has 0 aromatic rings. The summed E-state index contributed by atoms with van der Waals surface area (Å²) in [5, 5.41) is 2.69. The lowest BCUT2D eigenvalue weighted by Gasteiger charge is -2.35. The number of carbonyl (C=O) groups excluding carboxylic acids is 2. The largest absolute Gasteiger partial charge is 0.343 e. The number of piperazine rings is 1. The van der Waals surface area contributed by atoms with Crippen LogP contribution >= 0.6 is 0 Å². The zero-order valence-electron chi connectivity index (χ0n) is 9.32. The summed E-state index contributed by atoms with van der Waals surface area (Å²) in [5.41, 5.74) is 0. The van der Waals surface area contributed by atoms with Gasteiger partial charge in [0.25, 0.3) is 0 Å². The van der Waals surface area contributed by atoms with Gasteiger partial charge in [0.2, 0.25) is 11.8 Å². The number of carbonyl (C=O) groups is 2. The Morgan fingerprint density at radius 3 is 2.87 bits per heavy atom. The molecule has 1 N–H and O–H groups in total. The van der Waals surface area contributed by atoms with Gasteiger partial charge in [0.15, 0.2) is 0 Å². The first kappa shape index (κ1) is 11.8. The number of nitrogens with one attached hydrogen (secondary N) is 1. The van der Waals surface area contributed by atoms with Crippen molar-refractivity contribution in [2.24, 2.45) is 0 Å². The highest BCUT2D eigenvalue weighted by Crippen LogP contribution is 2.12. The Morgan fingerprint density at radius 2 is 2.33 bits per heavy atom. The maximum absolute atomic E-state index is 11.9. The Morgan fingerprint density at radius 1 is 1.67 bits per heavy atom. The SMILES string of the molecule is C=CCC(C)N1CC(=O)NC(CC)C1=O. The van der Waals surface area contributed by atoms with E-state index in [0.717, 1.165) is 6.42 Å². The Balaban J connectivity index is 2.73. The molecule has 0 aromatic carbocycles. The van der Waals surface area contributed by atoms with Crippen LogP contribution in [0.4, 0.5) is 0 Å². The predicted octanol–water partition coefficient (Wildman–Crippen LogP) is 0.688. The molecule has 15 heavy (non-hydrogen) atoms. The third kappa shape index (κ3) is 2.58. The molecule has 1 heterocycles. The highest BCUT2D eigenvalue weighted by molar-refractivity contribution is 5.94. The molecule has 1 saturated heterocycles. The van der Waals surface area contributed by atoms with E-state index in [1.165, 1.54) is 0 Å². The van der Waals surface area contributed by atoms with Crippen LogP contribution in [0.5, 0.6) is 0 Å². The molecule has 1 rings (SSSR count). The van der Waals surface area contributed by atoms with Crippen LogP contribution in [0.1, 0.15) is 26.7 Å². The second kappa shape index (κ2) is 4.96. The highest BCUT2D eigenvalue weighted by Gasteiger charge is 2.33. The third-order valence-corrected chi connectivity index (χ3v) is 2.68. The number of amides is 2. The first-order chi connectivity index (χ1) is 7.10. The molecular weight excluding hydrogens is 192 g/mol. The predicted molar refractivity (Wildman–Crippen MR) is 58.2 cm³/mol. The average molecular weight is 210 g/mol. The number of hydrogen-bond donors (Lipinski definition) is 1. The second-order valence-electron chi connectivity index (χ2n) is 3.87. The molecule has 1 fully saturated rings. The minimum atomic E-state index is -0.349. The van der Waals surface area contributed by atoms with Crippen molar-refractivity contribution >= 4 is 11.8 Å². The molecule has 4 nitrogen and oxygen atoms in total. The van der Waals surface area contributed by atoms with Crippen LogP contribution in [0.25, 0.3) is 0 Å².